The Morgan fingerprint density at radius 2 is 1.82 bits per heavy atom. The van der Waals surface area contributed by atoms with Gasteiger partial charge in [0.2, 0.25) is 0 Å². The lowest BCUT2D eigenvalue weighted by Gasteiger charge is -2.28. The molecule has 0 N–H and O–H groups in total. The lowest BCUT2D eigenvalue weighted by atomic mass is 10.1. The first-order valence-corrected chi connectivity index (χ1v) is 9.89. The predicted octanol–water partition coefficient (Wildman–Crippen LogP) is 3.28. The number of ether oxygens (including phenoxy) is 1. The van der Waals surface area contributed by atoms with Crippen LogP contribution in [0.15, 0.2) is 24.3 Å². The van der Waals surface area contributed by atoms with Crippen LogP contribution in [-0.4, -0.2) is 33.0 Å². The Morgan fingerprint density at radius 3 is 2.35 bits per heavy atom. The normalized spacial score (nSPS) is 12.1. The van der Waals surface area contributed by atoms with E-state index < -0.39 is 8.07 Å². The van der Waals surface area contributed by atoms with Crippen molar-refractivity contribution in [2.24, 2.45) is 0 Å². The fourth-order valence-corrected chi connectivity index (χ4v) is 3.57. The third kappa shape index (κ3) is 5.48. The van der Waals surface area contributed by atoms with Crippen LogP contribution < -0.4 is 0 Å². The van der Waals surface area contributed by atoms with Crippen LogP contribution in [0.5, 0.6) is 0 Å². The van der Waals surface area contributed by atoms with Crippen molar-refractivity contribution in [2.45, 2.75) is 33.1 Å². The SMILES string of the molecule is COCN(Cc1ccccc1C)C[Si](C)(C)C. The van der Waals surface area contributed by atoms with E-state index in [9.17, 15) is 0 Å². The zero-order chi connectivity index (χ0) is 12.9. The van der Waals surface area contributed by atoms with Crippen molar-refractivity contribution in [1.29, 1.82) is 0 Å². The topological polar surface area (TPSA) is 12.5 Å². The fourth-order valence-electron chi connectivity index (χ4n) is 2.03. The summed E-state index contributed by atoms with van der Waals surface area (Å²) < 4.78 is 5.31. The van der Waals surface area contributed by atoms with Crippen LogP contribution in [-0.2, 0) is 11.3 Å². The third-order valence-electron chi connectivity index (χ3n) is 2.66. The van der Waals surface area contributed by atoms with Crippen LogP contribution in [0.1, 0.15) is 11.1 Å². The summed E-state index contributed by atoms with van der Waals surface area (Å²) in [4.78, 5) is 2.41. The number of benzene rings is 1. The Bertz CT molecular complexity index is 346. The van der Waals surface area contributed by atoms with Crippen molar-refractivity contribution in [3.8, 4) is 0 Å². The van der Waals surface area contributed by atoms with Crippen molar-refractivity contribution in [3.05, 3.63) is 35.4 Å². The summed E-state index contributed by atoms with van der Waals surface area (Å²) in [5.74, 6) is 0. The summed E-state index contributed by atoms with van der Waals surface area (Å²) in [5.41, 5.74) is 2.77. The quantitative estimate of drug-likeness (QED) is 0.568. The Kier molecular flexibility index (Phi) is 5.37. The zero-order valence-electron chi connectivity index (χ0n) is 11.8. The van der Waals surface area contributed by atoms with Crippen molar-refractivity contribution < 1.29 is 4.74 Å². The van der Waals surface area contributed by atoms with Crippen LogP contribution >= 0.6 is 0 Å². The minimum atomic E-state index is -1.08. The van der Waals surface area contributed by atoms with Gasteiger partial charge in [0.15, 0.2) is 0 Å². The molecule has 0 saturated heterocycles. The molecule has 0 atom stereocenters. The maximum atomic E-state index is 5.31. The van der Waals surface area contributed by atoms with Gasteiger partial charge in [-0.25, -0.2) is 0 Å². The van der Waals surface area contributed by atoms with E-state index in [0.717, 1.165) is 13.3 Å². The molecule has 0 saturated carbocycles. The van der Waals surface area contributed by atoms with Gasteiger partial charge in [0.05, 0.1) is 14.8 Å². The highest BCUT2D eigenvalue weighted by Gasteiger charge is 2.18. The molecule has 2 nitrogen and oxygen atoms in total. The number of methoxy groups -OCH3 is 1. The van der Waals surface area contributed by atoms with Crippen molar-refractivity contribution >= 4 is 8.07 Å². The van der Waals surface area contributed by atoms with E-state index in [-0.39, 0.29) is 0 Å². The van der Waals surface area contributed by atoms with Crippen molar-refractivity contribution in [1.82, 2.24) is 4.90 Å². The minimum absolute atomic E-state index is 0.721. The summed E-state index contributed by atoms with van der Waals surface area (Å²) in [6.07, 6.45) is 1.18. The molecule has 0 heterocycles. The molecule has 1 aromatic rings. The van der Waals surface area contributed by atoms with Crippen LogP contribution in [0.2, 0.25) is 19.6 Å². The molecule has 3 heteroatoms. The maximum absolute atomic E-state index is 5.31. The molecule has 0 fully saturated rings. The largest absolute Gasteiger partial charge is 0.369 e. The first kappa shape index (κ1) is 14.4. The van der Waals surface area contributed by atoms with Gasteiger partial charge in [0.1, 0.15) is 0 Å². The first-order chi connectivity index (χ1) is 7.92. The van der Waals surface area contributed by atoms with Gasteiger partial charge >= 0.3 is 0 Å². The van der Waals surface area contributed by atoms with E-state index >= 15 is 0 Å². The van der Waals surface area contributed by atoms with Crippen molar-refractivity contribution in [3.63, 3.8) is 0 Å². The molecule has 0 spiro atoms. The molecule has 0 unspecified atom stereocenters. The third-order valence-corrected chi connectivity index (χ3v) is 4.06. The highest BCUT2D eigenvalue weighted by molar-refractivity contribution is 6.76. The molecule has 0 amide bonds. The first-order valence-electron chi connectivity index (χ1n) is 6.18. The second kappa shape index (κ2) is 6.33. The molecule has 0 aliphatic heterocycles. The second-order valence-electron chi connectivity index (χ2n) is 5.89. The van der Waals surface area contributed by atoms with Crippen LogP contribution in [0.25, 0.3) is 0 Å². The van der Waals surface area contributed by atoms with E-state index in [4.69, 9.17) is 4.74 Å². The van der Waals surface area contributed by atoms with E-state index in [1.807, 2.05) is 0 Å². The molecular weight excluding hydrogens is 226 g/mol. The van der Waals surface area contributed by atoms with Gasteiger partial charge in [-0.15, -0.1) is 0 Å². The summed E-state index contributed by atoms with van der Waals surface area (Å²) in [6.45, 7) is 11.1. The van der Waals surface area contributed by atoms with E-state index in [1.165, 1.54) is 17.3 Å². The van der Waals surface area contributed by atoms with Crippen LogP contribution in [0, 0.1) is 6.92 Å². The molecule has 0 aromatic heterocycles. The fraction of sp³-hybridized carbons (Fsp3) is 0.571. The van der Waals surface area contributed by atoms with Gasteiger partial charge in [0.25, 0.3) is 0 Å². The molecular formula is C14H25NOSi. The summed E-state index contributed by atoms with van der Waals surface area (Å²) in [5, 5.41) is 0. The van der Waals surface area contributed by atoms with E-state index in [0.29, 0.717) is 0 Å². The second-order valence-corrected chi connectivity index (χ2v) is 11.3. The van der Waals surface area contributed by atoms with Gasteiger partial charge in [-0.3, -0.25) is 4.90 Å². The molecule has 0 aliphatic carbocycles. The summed E-state index contributed by atoms with van der Waals surface area (Å²) >= 11 is 0. The average molecular weight is 251 g/mol. The predicted molar refractivity (Wildman–Crippen MR) is 76.8 cm³/mol. The Hall–Kier alpha value is -0.643. The smallest absolute Gasteiger partial charge is 0.0986 e. The standard InChI is InChI=1S/C14H25NOSi/c1-13-8-6-7-9-14(13)10-15(11-16-2)12-17(3,4)5/h6-9H,10-12H2,1-5H3. The highest BCUT2D eigenvalue weighted by atomic mass is 28.3. The van der Waals surface area contributed by atoms with Gasteiger partial charge in [-0.05, 0) is 24.2 Å². The average Bonchev–Trinajstić information content (AvgIpc) is 2.19. The molecule has 0 bridgehead atoms. The summed E-state index contributed by atoms with van der Waals surface area (Å²) in [7, 11) is 0.690. The van der Waals surface area contributed by atoms with Crippen molar-refractivity contribution in [2.75, 3.05) is 20.0 Å². The van der Waals surface area contributed by atoms with Crippen LogP contribution in [0.4, 0.5) is 0 Å². The Labute approximate surface area is 107 Å². The number of hydrogen-bond acceptors (Lipinski definition) is 2. The minimum Gasteiger partial charge on any atom is -0.369 e. The molecule has 96 valence electrons. The Balaban J connectivity index is 2.70. The molecule has 0 aliphatic rings. The molecule has 1 rings (SSSR count). The van der Waals surface area contributed by atoms with Gasteiger partial charge in [-0.1, -0.05) is 43.9 Å². The van der Waals surface area contributed by atoms with E-state index in [1.54, 1.807) is 7.11 Å². The lowest BCUT2D eigenvalue weighted by Crippen LogP contribution is -2.40. The molecule has 1 aromatic carbocycles. The number of hydrogen-bond donors (Lipinski definition) is 0. The lowest BCUT2D eigenvalue weighted by molar-refractivity contribution is 0.0696. The summed E-state index contributed by atoms with van der Waals surface area (Å²) in [6, 6.07) is 8.59. The van der Waals surface area contributed by atoms with Gasteiger partial charge in [0, 0.05) is 13.7 Å². The van der Waals surface area contributed by atoms with Gasteiger partial charge in [-0.2, -0.15) is 0 Å². The maximum Gasteiger partial charge on any atom is 0.0986 e. The number of aryl methyl sites for hydroxylation is 1. The molecule has 0 radical (unpaired) electrons. The number of nitrogens with zero attached hydrogens (tertiary/aromatic N) is 1. The monoisotopic (exact) mass is 251 g/mol. The number of rotatable bonds is 6. The van der Waals surface area contributed by atoms with E-state index in [2.05, 4.69) is 55.7 Å². The Morgan fingerprint density at radius 1 is 1.18 bits per heavy atom. The van der Waals surface area contributed by atoms with Crippen LogP contribution in [0.3, 0.4) is 0 Å². The molecule has 17 heavy (non-hydrogen) atoms. The highest BCUT2D eigenvalue weighted by Crippen LogP contribution is 2.13. The van der Waals surface area contributed by atoms with Gasteiger partial charge < -0.3 is 4.74 Å². The zero-order valence-corrected chi connectivity index (χ0v) is 12.8.